The molecule has 1 aromatic carbocycles. The Morgan fingerprint density at radius 2 is 2.00 bits per heavy atom. The van der Waals surface area contributed by atoms with Crippen molar-refractivity contribution < 1.29 is 5.11 Å². The van der Waals surface area contributed by atoms with E-state index in [-0.39, 0.29) is 17.8 Å². The largest absolute Gasteiger partial charge is 0.383 e. The normalized spacial score (nSPS) is 14.4. The second-order valence-electron chi connectivity index (χ2n) is 5.86. The van der Waals surface area contributed by atoms with Gasteiger partial charge in [-0.3, -0.25) is 0 Å². The lowest BCUT2D eigenvalue weighted by Gasteiger charge is -2.41. The zero-order chi connectivity index (χ0) is 14.1. The second kappa shape index (κ2) is 6.17. The standard InChI is InChI=1S/C15H19ClN2O.ClH/c1-14(2,3)15(19,10-18-8-7-17-11-18)12-5-4-6-13(16)9-12;/h4-9,11,19H,10H2,1-3H3;1H. The highest BCUT2D eigenvalue weighted by Gasteiger charge is 2.42. The quantitative estimate of drug-likeness (QED) is 0.933. The first-order valence-corrected chi connectivity index (χ1v) is 6.65. The summed E-state index contributed by atoms with van der Waals surface area (Å²) in [5.74, 6) is 0. The second-order valence-corrected chi connectivity index (χ2v) is 6.29. The average molecular weight is 315 g/mol. The first-order valence-electron chi connectivity index (χ1n) is 6.27. The van der Waals surface area contributed by atoms with E-state index in [1.807, 2.05) is 55.8 Å². The molecule has 3 nitrogen and oxygen atoms in total. The molecule has 110 valence electrons. The van der Waals surface area contributed by atoms with Crippen LogP contribution in [0.5, 0.6) is 0 Å². The summed E-state index contributed by atoms with van der Waals surface area (Å²) in [6.45, 7) is 6.50. The molecule has 0 saturated heterocycles. The minimum absolute atomic E-state index is 0. The van der Waals surface area contributed by atoms with E-state index in [2.05, 4.69) is 4.98 Å². The first-order chi connectivity index (χ1) is 8.83. The zero-order valence-corrected chi connectivity index (χ0v) is 13.4. The maximum absolute atomic E-state index is 11.2. The van der Waals surface area contributed by atoms with Gasteiger partial charge in [-0.25, -0.2) is 4.98 Å². The highest BCUT2D eigenvalue weighted by molar-refractivity contribution is 6.30. The molecule has 0 aliphatic heterocycles. The molecule has 0 radical (unpaired) electrons. The summed E-state index contributed by atoms with van der Waals surface area (Å²) in [6.07, 6.45) is 5.27. The molecule has 1 atom stereocenters. The molecule has 0 aliphatic carbocycles. The number of aliphatic hydroxyl groups is 1. The highest BCUT2D eigenvalue weighted by atomic mass is 35.5. The Labute approximate surface area is 131 Å². The third-order valence-corrected chi connectivity index (χ3v) is 3.75. The van der Waals surface area contributed by atoms with Crippen LogP contribution in [0.3, 0.4) is 0 Å². The van der Waals surface area contributed by atoms with Gasteiger partial charge in [-0.05, 0) is 23.1 Å². The van der Waals surface area contributed by atoms with E-state index in [0.717, 1.165) is 5.56 Å². The van der Waals surface area contributed by atoms with Crippen LogP contribution in [-0.4, -0.2) is 14.7 Å². The molecular weight excluding hydrogens is 295 g/mol. The molecule has 2 aromatic rings. The molecule has 0 aliphatic rings. The van der Waals surface area contributed by atoms with Gasteiger partial charge in [-0.15, -0.1) is 12.4 Å². The van der Waals surface area contributed by atoms with Gasteiger partial charge in [0.15, 0.2) is 0 Å². The Hall–Kier alpha value is -1.03. The maximum Gasteiger partial charge on any atom is 0.112 e. The van der Waals surface area contributed by atoms with Crippen LogP contribution >= 0.6 is 24.0 Å². The zero-order valence-electron chi connectivity index (χ0n) is 11.9. The van der Waals surface area contributed by atoms with Crippen LogP contribution in [0.1, 0.15) is 26.3 Å². The Morgan fingerprint density at radius 3 is 2.50 bits per heavy atom. The van der Waals surface area contributed by atoms with Crippen molar-refractivity contribution in [3.63, 3.8) is 0 Å². The van der Waals surface area contributed by atoms with Crippen LogP contribution in [0.2, 0.25) is 5.02 Å². The van der Waals surface area contributed by atoms with Crippen LogP contribution in [0.25, 0.3) is 0 Å². The van der Waals surface area contributed by atoms with E-state index in [1.54, 1.807) is 12.5 Å². The molecule has 0 fully saturated rings. The van der Waals surface area contributed by atoms with Crippen LogP contribution < -0.4 is 0 Å². The number of nitrogens with zero attached hydrogens (tertiary/aromatic N) is 2. The van der Waals surface area contributed by atoms with Gasteiger partial charge in [0, 0.05) is 17.4 Å². The highest BCUT2D eigenvalue weighted by Crippen LogP contribution is 2.41. The third-order valence-electron chi connectivity index (χ3n) is 3.51. The number of hydrogen-bond donors (Lipinski definition) is 1. The Balaban J connectivity index is 0.00000200. The van der Waals surface area contributed by atoms with Crippen LogP contribution in [-0.2, 0) is 12.1 Å². The molecule has 1 heterocycles. The fraction of sp³-hybridized carbons (Fsp3) is 0.400. The number of rotatable bonds is 3. The molecule has 5 heteroatoms. The van der Waals surface area contributed by atoms with Crippen molar-refractivity contribution in [3.8, 4) is 0 Å². The van der Waals surface area contributed by atoms with Crippen molar-refractivity contribution in [2.45, 2.75) is 32.9 Å². The topological polar surface area (TPSA) is 38.0 Å². The lowest BCUT2D eigenvalue weighted by molar-refractivity contribution is -0.0781. The van der Waals surface area contributed by atoms with Crippen LogP contribution in [0.15, 0.2) is 43.0 Å². The predicted octanol–water partition coefficient (Wildman–Crippen LogP) is 3.89. The Kier molecular flexibility index (Phi) is 5.25. The minimum Gasteiger partial charge on any atom is -0.383 e. The van der Waals surface area contributed by atoms with Gasteiger partial charge in [0.25, 0.3) is 0 Å². The average Bonchev–Trinajstić information content (AvgIpc) is 2.80. The molecule has 1 aromatic heterocycles. The smallest absolute Gasteiger partial charge is 0.112 e. The van der Waals surface area contributed by atoms with Crippen LogP contribution in [0, 0.1) is 5.41 Å². The van der Waals surface area contributed by atoms with Gasteiger partial charge >= 0.3 is 0 Å². The lowest BCUT2D eigenvalue weighted by Crippen LogP contribution is -2.43. The summed E-state index contributed by atoms with van der Waals surface area (Å²) in [6, 6.07) is 7.41. The number of imidazole rings is 1. The summed E-state index contributed by atoms with van der Waals surface area (Å²) in [4.78, 5) is 4.03. The van der Waals surface area contributed by atoms with Crippen molar-refractivity contribution in [2.75, 3.05) is 0 Å². The molecule has 2 rings (SSSR count). The fourth-order valence-electron chi connectivity index (χ4n) is 2.15. The monoisotopic (exact) mass is 314 g/mol. The fourth-order valence-corrected chi connectivity index (χ4v) is 2.34. The number of aromatic nitrogens is 2. The van der Waals surface area contributed by atoms with E-state index in [1.165, 1.54) is 0 Å². The van der Waals surface area contributed by atoms with Gasteiger partial charge in [-0.1, -0.05) is 44.5 Å². The Bertz CT molecular complexity index is 549. The van der Waals surface area contributed by atoms with Crippen molar-refractivity contribution in [1.29, 1.82) is 0 Å². The lowest BCUT2D eigenvalue weighted by atomic mass is 9.72. The van der Waals surface area contributed by atoms with E-state index in [9.17, 15) is 5.11 Å². The first kappa shape index (κ1) is 17.0. The van der Waals surface area contributed by atoms with Crippen molar-refractivity contribution in [3.05, 3.63) is 53.6 Å². The van der Waals surface area contributed by atoms with Gasteiger partial charge in [0.05, 0.1) is 12.9 Å². The number of hydrogen-bond acceptors (Lipinski definition) is 2. The third kappa shape index (κ3) is 3.35. The number of benzene rings is 1. The van der Waals surface area contributed by atoms with Gasteiger partial charge < -0.3 is 9.67 Å². The van der Waals surface area contributed by atoms with E-state index in [0.29, 0.717) is 11.6 Å². The van der Waals surface area contributed by atoms with Crippen molar-refractivity contribution in [2.24, 2.45) is 5.41 Å². The maximum atomic E-state index is 11.2. The van der Waals surface area contributed by atoms with E-state index >= 15 is 0 Å². The van der Waals surface area contributed by atoms with Gasteiger partial charge in [0.2, 0.25) is 0 Å². The van der Waals surface area contributed by atoms with E-state index < -0.39 is 5.60 Å². The van der Waals surface area contributed by atoms with Crippen LogP contribution in [0.4, 0.5) is 0 Å². The summed E-state index contributed by atoms with van der Waals surface area (Å²) in [7, 11) is 0. The van der Waals surface area contributed by atoms with E-state index in [4.69, 9.17) is 11.6 Å². The molecule has 0 spiro atoms. The summed E-state index contributed by atoms with van der Waals surface area (Å²) >= 11 is 6.05. The summed E-state index contributed by atoms with van der Waals surface area (Å²) in [5.41, 5.74) is -0.526. The predicted molar refractivity (Wildman–Crippen MR) is 84.3 cm³/mol. The molecular formula is C15H20Cl2N2O. The van der Waals surface area contributed by atoms with Crippen molar-refractivity contribution >= 4 is 24.0 Å². The van der Waals surface area contributed by atoms with Gasteiger partial charge in [0.1, 0.15) is 5.60 Å². The molecule has 1 N–H and O–H groups in total. The molecule has 0 bridgehead atoms. The minimum atomic E-state index is -1.02. The molecule has 0 saturated carbocycles. The SMILES string of the molecule is CC(C)(C)C(O)(Cn1ccnc1)c1cccc(Cl)c1.Cl. The van der Waals surface area contributed by atoms with Gasteiger partial charge in [-0.2, -0.15) is 0 Å². The van der Waals surface area contributed by atoms with Crippen molar-refractivity contribution in [1.82, 2.24) is 9.55 Å². The Morgan fingerprint density at radius 1 is 1.30 bits per heavy atom. The summed E-state index contributed by atoms with van der Waals surface area (Å²) < 4.78 is 1.88. The molecule has 0 amide bonds. The molecule has 1 unspecified atom stereocenters. The number of halogens is 2. The molecule has 20 heavy (non-hydrogen) atoms. The summed E-state index contributed by atoms with van der Waals surface area (Å²) in [5, 5.41) is 11.8.